The summed E-state index contributed by atoms with van der Waals surface area (Å²) in [5, 5.41) is 55.0. The Balaban J connectivity index is 3.11. The van der Waals surface area contributed by atoms with E-state index in [9.17, 15) is 73.2 Å². The molecular formula is C36H61N13O15. The van der Waals surface area contributed by atoms with Gasteiger partial charge in [0.2, 0.25) is 53.2 Å². The molecule has 1 fully saturated rings. The minimum Gasteiger partial charge on any atom is -0.481 e. The van der Waals surface area contributed by atoms with Gasteiger partial charge in [-0.05, 0) is 45.4 Å². The number of likely N-dealkylation sites (tertiary alicyclic amines) is 1. The van der Waals surface area contributed by atoms with E-state index in [4.69, 9.17) is 22.9 Å². The number of carboxylic acids is 2. The molecule has 9 amide bonds. The number of nitrogens with zero attached hydrogens (tertiary/aromatic N) is 2. The third-order valence-electron chi connectivity index (χ3n) is 9.51. The van der Waals surface area contributed by atoms with Crippen molar-refractivity contribution in [1.29, 1.82) is 0 Å². The summed E-state index contributed by atoms with van der Waals surface area (Å²) in [7, 11) is 0. The zero-order chi connectivity index (χ0) is 49.0. The van der Waals surface area contributed by atoms with Crippen LogP contribution in [-0.2, 0) is 52.7 Å². The van der Waals surface area contributed by atoms with Crippen LogP contribution in [0.4, 0.5) is 0 Å². The van der Waals surface area contributed by atoms with Gasteiger partial charge in [0, 0.05) is 13.1 Å². The molecule has 64 heavy (non-hydrogen) atoms. The molecule has 1 rings (SSSR count). The van der Waals surface area contributed by atoms with Crippen molar-refractivity contribution in [3.63, 3.8) is 0 Å². The van der Waals surface area contributed by atoms with E-state index in [0.29, 0.717) is 0 Å². The Kier molecular flexibility index (Phi) is 23.1. The van der Waals surface area contributed by atoms with Crippen molar-refractivity contribution in [2.75, 3.05) is 26.2 Å². The maximum absolute atomic E-state index is 13.6. The normalized spacial score (nSPS) is 17.1. The zero-order valence-corrected chi connectivity index (χ0v) is 35.8. The number of nitrogens with one attached hydrogen (secondary N) is 7. The molecule has 28 nitrogen and oxygen atoms in total. The van der Waals surface area contributed by atoms with E-state index < -0.39 is 151 Å². The summed E-state index contributed by atoms with van der Waals surface area (Å²) in [5.74, 6) is -13.1. The minimum absolute atomic E-state index is 0.00145. The Hall–Kier alpha value is -6.68. The van der Waals surface area contributed by atoms with E-state index >= 15 is 0 Å². The molecule has 360 valence electrons. The predicted molar refractivity (Wildman–Crippen MR) is 220 cm³/mol. The molecule has 0 aliphatic carbocycles. The Morgan fingerprint density at radius 3 is 1.75 bits per heavy atom. The lowest BCUT2D eigenvalue weighted by Crippen LogP contribution is -2.62. The Labute approximate surface area is 366 Å². The summed E-state index contributed by atoms with van der Waals surface area (Å²) in [5.41, 5.74) is 21.0. The SMILES string of the molecule is CC(C)[C@H](NC(=O)CN)C(=O)N[C@H](C(=O)N[C@@H](CO)C(=O)N[C@@H](C)C(=O)N1CCC[C@H]1C(=O)N[C@@H](CC(=O)O)C(=O)N[C@@H](CC(N)=O)C(=O)N[C@@H](CCCN=C(N)N)C(=O)O)[C@@H](C)O. The number of carbonyl (C=O) groups excluding carboxylic acids is 9. The van der Waals surface area contributed by atoms with Crippen LogP contribution in [0.3, 0.4) is 0 Å². The highest BCUT2D eigenvalue weighted by Crippen LogP contribution is 2.19. The summed E-state index contributed by atoms with van der Waals surface area (Å²) in [6.07, 6.45) is -3.33. The molecule has 19 N–H and O–H groups in total. The number of carboxylic acid groups (broad SMARTS) is 2. The van der Waals surface area contributed by atoms with E-state index in [-0.39, 0.29) is 44.7 Å². The van der Waals surface area contributed by atoms with E-state index in [0.717, 1.165) is 11.8 Å². The highest BCUT2D eigenvalue weighted by molar-refractivity contribution is 5.99. The smallest absolute Gasteiger partial charge is 0.326 e. The van der Waals surface area contributed by atoms with Crippen LogP contribution in [0.1, 0.15) is 66.2 Å². The Bertz CT molecular complexity index is 1760. The van der Waals surface area contributed by atoms with Crippen LogP contribution in [0, 0.1) is 5.92 Å². The van der Waals surface area contributed by atoms with Crippen LogP contribution in [0.5, 0.6) is 0 Å². The molecule has 28 heteroatoms. The number of aliphatic imine (C=N–C) groups is 1. The lowest BCUT2D eigenvalue weighted by atomic mass is 10.0. The van der Waals surface area contributed by atoms with Crippen molar-refractivity contribution in [3.05, 3.63) is 0 Å². The monoisotopic (exact) mass is 915 g/mol. The molecule has 0 bridgehead atoms. The lowest BCUT2D eigenvalue weighted by Gasteiger charge is -2.30. The highest BCUT2D eigenvalue weighted by Gasteiger charge is 2.40. The van der Waals surface area contributed by atoms with Gasteiger partial charge in [-0.15, -0.1) is 0 Å². The highest BCUT2D eigenvalue weighted by atomic mass is 16.4. The van der Waals surface area contributed by atoms with Gasteiger partial charge in [0.25, 0.3) is 0 Å². The van der Waals surface area contributed by atoms with Gasteiger partial charge in [-0.25, -0.2) is 4.79 Å². The number of aliphatic carboxylic acids is 2. The molecule has 0 saturated carbocycles. The fourth-order valence-corrected chi connectivity index (χ4v) is 6.17. The van der Waals surface area contributed by atoms with Crippen molar-refractivity contribution in [2.45, 2.75) is 121 Å². The van der Waals surface area contributed by atoms with E-state index in [2.05, 4.69) is 42.2 Å². The third-order valence-corrected chi connectivity index (χ3v) is 9.51. The van der Waals surface area contributed by atoms with E-state index in [1.807, 2.05) is 0 Å². The first-order chi connectivity index (χ1) is 29.8. The second-order valence-electron chi connectivity index (χ2n) is 15.1. The lowest BCUT2D eigenvalue weighted by molar-refractivity contribution is -0.144. The maximum Gasteiger partial charge on any atom is 0.326 e. The van der Waals surface area contributed by atoms with E-state index in [1.54, 1.807) is 13.8 Å². The van der Waals surface area contributed by atoms with Gasteiger partial charge < -0.3 is 85.5 Å². The van der Waals surface area contributed by atoms with Gasteiger partial charge in [0.15, 0.2) is 5.96 Å². The molecule has 0 radical (unpaired) electrons. The van der Waals surface area contributed by atoms with E-state index in [1.165, 1.54) is 6.92 Å². The average molecular weight is 916 g/mol. The number of guanidine groups is 1. The molecule has 1 saturated heterocycles. The predicted octanol–water partition coefficient (Wildman–Crippen LogP) is -8.13. The topological polar surface area (TPSA) is 473 Å². The summed E-state index contributed by atoms with van der Waals surface area (Å²) in [6.45, 7) is 4.07. The summed E-state index contributed by atoms with van der Waals surface area (Å²) >= 11 is 0. The van der Waals surface area contributed by atoms with Crippen LogP contribution in [0.2, 0.25) is 0 Å². The molecule has 0 aromatic rings. The van der Waals surface area contributed by atoms with Crippen LogP contribution in [-0.4, -0.2) is 177 Å². The molecule has 1 heterocycles. The second kappa shape index (κ2) is 26.7. The van der Waals surface area contributed by atoms with Crippen molar-refractivity contribution >= 4 is 71.1 Å². The first-order valence-electron chi connectivity index (χ1n) is 20.0. The fraction of sp³-hybridized carbons (Fsp3) is 0.667. The van der Waals surface area contributed by atoms with Crippen LogP contribution < -0.4 is 60.2 Å². The number of aliphatic hydroxyl groups is 2. The van der Waals surface area contributed by atoms with Gasteiger partial charge in [0.1, 0.15) is 48.3 Å². The molecule has 1 aliphatic heterocycles. The molecule has 9 atom stereocenters. The molecule has 0 aromatic carbocycles. The van der Waals surface area contributed by atoms with Crippen molar-refractivity contribution in [1.82, 2.24) is 42.1 Å². The number of nitrogens with two attached hydrogens (primary N) is 4. The van der Waals surface area contributed by atoms with Gasteiger partial charge in [-0.3, -0.25) is 52.9 Å². The Morgan fingerprint density at radius 2 is 1.25 bits per heavy atom. The summed E-state index contributed by atoms with van der Waals surface area (Å²) in [4.78, 5) is 145. The van der Waals surface area contributed by atoms with Crippen LogP contribution in [0.15, 0.2) is 4.99 Å². The van der Waals surface area contributed by atoms with Gasteiger partial charge >= 0.3 is 11.9 Å². The van der Waals surface area contributed by atoms with Crippen LogP contribution in [0.25, 0.3) is 0 Å². The van der Waals surface area contributed by atoms with Crippen molar-refractivity contribution in [2.24, 2.45) is 33.8 Å². The number of hydrogen-bond acceptors (Lipinski definition) is 15. The van der Waals surface area contributed by atoms with Crippen LogP contribution >= 0.6 is 0 Å². The van der Waals surface area contributed by atoms with Crippen molar-refractivity contribution in [3.8, 4) is 0 Å². The Morgan fingerprint density at radius 1 is 0.703 bits per heavy atom. The first-order valence-corrected chi connectivity index (χ1v) is 20.0. The maximum atomic E-state index is 13.6. The fourth-order valence-electron chi connectivity index (χ4n) is 6.17. The molecule has 0 spiro atoms. The van der Waals surface area contributed by atoms with Gasteiger partial charge in [-0.1, -0.05) is 13.8 Å². The number of rotatable bonds is 27. The minimum atomic E-state index is -1.91. The molecule has 1 aliphatic rings. The quantitative estimate of drug-likeness (QED) is 0.0207. The van der Waals surface area contributed by atoms with Gasteiger partial charge in [0.05, 0.1) is 32.1 Å². The number of primary amides is 1. The molecule has 0 unspecified atom stereocenters. The largest absolute Gasteiger partial charge is 0.481 e. The summed E-state index contributed by atoms with van der Waals surface area (Å²) in [6, 6.07) is -12.6. The number of carbonyl (C=O) groups is 11. The number of hydrogen-bond donors (Lipinski definition) is 15. The third kappa shape index (κ3) is 18.3. The molecule has 0 aromatic heterocycles. The van der Waals surface area contributed by atoms with Gasteiger partial charge in [-0.2, -0.15) is 0 Å². The number of aliphatic hydroxyl groups excluding tert-OH is 2. The number of amides is 9. The first kappa shape index (κ1) is 55.3. The average Bonchev–Trinajstić information content (AvgIpc) is 3.70. The standard InChI is InChI=1S/C36H61N13O15/c1-15(2)26(47-24(53)13-37)32(60)48-27(17(4)51)33(61)46-21(14-50)30(58)42-16(3)34(62)49-10-6-8-22(49)31(59)45-20(12-25(54)55)29(57)44-19(11-23(38)52)28(56)43-18(35(63)64)7-5-9-41-36(39)40/h15-22,26-27,50-51H,5-14,37H2,1-4H3,(H2,38,52)(H,42,58)(H,43,56)(H,44,57)(H,45,59)(H,46,61)(H,47,53)(H,48,60)(H,54,55)(H,63,64)(H4,39,40,41)/t16-,17+,18-,19-,20-,21-,22-,26-,27-/m0/s1. The second-order valence-corrected chi connectivity index (χ2v) is 15.1. The van der Waals surface area contributed by atoms with Crippen molar-refractivity contribution < 1.29 is 73.2 Å². The summed E-state index contributed by atoms with van der Waals surface area (Å²) < 4.78 is 0. The zero-order valence-electron chi connectivity index (χ0n) is 35.8. The molecular weight excluding hydrogens is 854 g/mol.